The minimum absolute atomic E-state index is 0.220. The third-order valence-electron chi connectivity index (χ3n) is 6.16. The molecule has 3 N–H and O–H groups in total. The van der Waals surface area contributed by atoms with E-state index >= 15 is 0 Å². The van der Waals surface area contributed by atoms with Gasteiger partial charge in [0.25, 0.3) is 5.84 Å². The molecule has 5 rings (SSSR count). The lowest BCUT2D eigenvalue weighted by atomic mass is 9.94. The molecule has 0 amide bonds. The molecule has 0 radical (unpaired) electrons. The normalized spacial score (nSPS) is 30.8. The standard InChI is InChI=1S/C22H18N4O3/c23-13-20-18(21(20,14-24)22(26-19(20)25)28-10-11-29-22)16-6-8-17(9-7-16)27-12-15-4-2-1-3-5-15/h1-9,18H,10-12H2,(H2,25,26)/p+1/t18-,20+,21+/m0/s1. The van der Waals surface area contributed by atoms with Gasteiger partial charge in [-0.25, -0.2) is 4.99 Å². The van der Waals surface area contributed by atoms with Crippen molar-refractivity contribution in [3.05, 3.63) is 65.7 Å². The van der Waals surface area contributed by atoms with Gasteiger partial charge in [0.05, 0.1) is 25.4 Å². The number of hydrogen-bond acceptors (Lipinski definition) is 6. The second-order valence-electron chi connectivity index (χ2n) is 7.47. The quantitative estimate of drug-likeness (QED) is 0.791. The number of rotatable bonds is 4. The van der Waals surface area contributed by atoms with Crippen LogP contribution in [0.3, 0.4) is 0 Å². The van der Waals surface area contributed by atoms with Crippen LogP contribution in [0.1, 0.15) is 17.0 Å². The molecule has 144 valence electrons. The van der Waals surface area contributed by atoms with E-state index in [0.29, 0.717) is 25.6 Å². The summed E-state index contributed by atoms with van der Waals surface area (Å²) in [5.74, 6) is -0.904. The molecule has 7 heteroatoms. The molecule has 2 fully saturated rings. The van der Waals surface area contributed by atoms with Crippen LogP contribution in [0.5, 0.6) is 5.75 Å². The predicted molar refractivity (Wildman–Crippen MR) is 101 cm³/mol. The topological polar surface area (TPSA) is 115 Å². The Balaban J connectivity index is 1.44. The summed E-state index contributed by atoms with van der Waals surface area (Å²) in [6.07, 6.45) is 0. The molecule has 1 saturated carbocycles. The van der Waals surface area contributed by atoms with Crippen LogP contribution in [0.4, 0.5) is 0 Å². The van der Waals surface area contributed by atoms with Crippen molar-refractivity contribution < 1.29 is 19.2 Å². The maximum Gasteiger partial charge on any atom is 0.343 e. The van der Waals surface area contributed by atoms with Gasteiger partial charge in [-0.1, -0.05) is 42.5 Å². The van der Waals surface area contributed by atoms with E-state index in [2.05, 4.69) is 17.1 Å². The van der Waals surface area contributed by atoms with Gasteiger partial charge in [0.1, 0.15) is 12.4 Å². The van der Waals surface area contributed by atoms with Gasteiger partial charge in [-0.05, 0) is 23.3 Å². The van der Waals surface area contributed by atoms with Crippen molar-refractivity contribution in [3.63, 3.8) is 0 Å². The van der Waals surface area contributed by atoms with Gasteiger partial charge in [-0.15, -0.1) is 0 Å². The highest BCUT2D eigenvalue weighted by atomic mass is 16.8. The molecule has 1 spiro atoms. The van der Waals surface area contributed by atoms with Gasteiger partial charge in [0.15, 0.2) is 10.8 Å². The van der Waals surface area contributed by atoms with Gasteiger partial charge >= 0.3 is 5.91 Å². The van der Waals surface area contributed by atoms with Crippen molar-refractivity contribution in [1.29, 1.82) is 10.5 Å². The van der Waals surface area contributed by atoms with E-state index < -0.39 is 22.7 Å². The highest BCUT2D eigenvalue weighted by Gasteiger charge is 2.97. The minimum atomic E-state index is -1.38. The Morgan fingerprint density at radius 3 is 2.34 bits per heavy atom. The van der Waals surface area contributed by atoms with Crippen molar-refractivity contribution in [2.75, 3.05) is 13.2 Å². The van der Waals surface area contributed by atoms with Crippen molar-refractivity contribution in [3.8, 4) is 17.9 Å². The number of amidine groups is 1. The van der Waals surface area contributed by atoms with Gasteiger partial charge < -0.3 is 14.2 Å². The Morgan fingerprint density at radius 1 is 1.03 bits per heavy atom. The van der Waals surface area contributed by atoms with Crippen LogP contribution >= 0.6 is 0 Å². The summed E-state index contributed by atoms with van der Waals surface area (Å²) in [4.78, 5) is 2.94. The van der Waals surface area contributed by atoms with E-state index in [9.17, 15) is 10.5 Å². The number of ether oxygens (including phenoxy) is 3. The molecule has 0 unspecified atom stereocenters. The molecule has 1 saturated heterocycles. The third-order valence-corrected chi connectivity index (χ3v) is 6.16. The van der Waals surface area contributed by atoms with E-state index in [4.69, 9.17) is 19.9 Å². The zero-order chi connectivity index (χ0) is 20.1. The lowest BCUT2D eigenvalue weighted by Crippen LogP contribution is -2.89. The highest BCUT2D eigenvalue weighted by Crippen LogP contribution is 2.79. The number of nitrogens with one attached hydrogen (secondary N) is 1. The maximum absolute atomic E-state index is 10.1. The third kappa shape index (κ3) is 2.09. The maximum atomic E-state index is 10.1. The fourth-order valence-electron chi connectivity index (χ4n) is 4.82. The van der Waals surface area contributed by atoms with E-state index in [1.807, 2.05) is 54.6 Å². The average Bonchev–Trinajstić information content (AvgIpc) is 3.01. The average molecular weight is 387 g/mol. The molecule has 3 atom stereocenters. The molecule has 3 aliphatic rings. The molecule has 0 aromatic heterocycles. The summed E-state index contributed by atoms with van der Waals surface area (Å²) in [6.45, 7) is 1.14. The van der Waals surface area contributed by atoms with Crippen LogP contribution in [0.2, 0.25) is 0 Å². The minimum Gasteiger partial charge on any atom is -0.489 e. The number of fused-ring (bicyclic) bond motifs is 2. The van der Waals surface area contributed by atoms with Gasteiger partial charge in [0, 0.05) is 5.92 Å². The molecular formula is C22H19N4O3+. The van der Waals surface area contributed by atoms with Gasteiger partial charge in [0.2, 0.25) is 0 Å². The van der Waals surface area contributed by atoms with E-state index in [0.717, 1.165) is 11.1 Å². The Morgan fingerprint density at radius 2 is 1.72 bits per heavy atom. The summed E-state index contributed by atoms with van der Waals surface area (Å²) in [7, 11) is 0. The van der Waals surface area contributed by atoms with E-state index in [-0.39, 0.29) is 5.84 Å². The number of benzene rings is 2. The van der Waals surface area contributed by atoms with Crippen molar-refractivity contribution in [1.82, 2.24) is 0 Å². The highest BCUT2D eigenvalue weighted by molar-refractivity contribution is 5.95. The monoisotopic (exact) mass is 387 g/mol. The van der Waals surface area contributed by atoms with Crippen LogP contribution in [0.15, 0.2) is 54.6 Å². The zero-order valence-electron chi connectivity index (χ0n) is 15.6. The summed E-state index contributed by atoms with van der Waals surface area (Å²) in [6, 6.07) is 21.9. The Hall–Kier alpha value is -3.39. The first-order chi connectivity index (χ1) is 14.1. The van der Waals surface area contributed by atoms with Crippen LogP contribution in [0, 0.1) is 33.5 Å². The molecule has 0 bridgehead atoms. The van der Waals surface area contributed by atoms with Crippen LogP contribution in [-0.4, -0.2) is 25.0 Å². The zero-order valence-corrected chi connectivity index (χ0v) is 15.6. The molecule has 7 nitrogen and oxygen atoms in total. The number of hydrogen-bond donors (Lipinski definition) is 2. The number of nitrogens with zero attached hydrogens (tertiary/aromatic N) is 2. The molecular weight excluding hydrogens is 368 g/mol. The first-order valence-corrected chi connectivity index (χ1v) is 9.42. The van der Waals surface area contributed by atoms with E-state index in [1.165, 1.54) is 0 Å². The van der Waals surface area contributed by atoms with E-state index in [1.54, 1.807) is 0 Å². The van der Waals surface area contributed by atoms with Crippen LogP contribution in [0.25, 0.3) is 0 Å². The van der Waals surface area contributed by atoms with Gasteiger partial charge in [-0.2, -0.15) is 10.5 Å². The Kier molecular flexibility index (Phi) is 3.69. The number of nitrogens with two attached hydrogens (primary N) is 1. The molecule has 2 aromatic carbocycles. The fourth-order valence-corrected chi connectivity index (χ4v) is 4.82. The Labute approximate surface area is 167 Å². The van der Waals surface area contributed by atoms with Crippen LogP contribution in [-0.2, 0) is 16.1 Å². The summed E-state index contributed by atoms with van der Waals surface area (Å²) >= 11 is 0. The molecule has 2 heterocycles. The summed E-state index contributed by atoms with van der Waals surface area (Å²) in [5, 5.41) is 20.1. The number of nitriles is 2. The second kappa shape index (κ2) is 6.05. The smallest absolute Gasteiger partial charge is 0.343 e. The lowest BCUT2D eigenvalue weighted by molar-refractivity contribution is -0.676. The van der Waals surface area contributed by atoms with Crippen molar-refractivity contribution in [2.45, 2.75) is 18.4 Å². The predicted octanol–water partition coefficient (Wildman–Crippen LogP) is 0.535. The molecule has 2 aromatic rings. The largest absolute Gasteiger partial charge is 0.489 e. The van der Waals surface area contributed by atoms with Crippen LogP contribution < -0.4 is 15.5 Å². The van der Waals surface area contributed by atoms with Crippen molar-refractivity contribution >= 4 is 5.84 Å². The van der Waals surface area contributed by atoms with Crippen molar-refractivity contribution in [2.24, 2.45) is 16.6 Å². The molecule has 1 aliphatic carbocycles. The second-order valence-corrected chi connectivity index (χ2v) is 7.47. The molecule has 2 aliphatic heterocycles. The fraction of sp³-hybridized carbons (Fsp3) is 0.318. The first kappa shape index (κ1) is 17.7. The summed E-state index contributed by atoms with van der Waals surface area (Å²) < 4.78 is 17.4. The SMILES string of the molecule is N#C[C@@]12C(N)=[NH+]C3(OCCO3)[C@]1(C#N)[C@H]2c1ccc(OCc2ccccc2)cc1. The Bertz CT molecular complexity index is 1060. The summed E-state index contributed by atoms with van der Waals surface area (Å²) in [5.41, 5.74) is 5.66. The lowest BCUT2D eigenvalue weighted by Gasteiger charge is -2.23. The first-order valence-electron chi connectivity index (χ1n) is 9.42. The van der Waals surface area contributed by atoms with Gasteiger partial charge in [-0.3, -0.25) is 5.73 Å². The molecule has 29 heavy (non-hydrogen) atoms.